The fraction of sp³-hybridized carbons (Fsp3) is 0.933. The van der Waals surface area contributed by atoms with Gasteiger partial charge in [0.05, 0.1) is 19.1 Å². The maximum Gasteiger partial charge on any atom is 0.146 e. The van der Waals surface area contributed by atoms with E-state index in [1.54, 1.807) is 0 Å². The molecule has 1 rings (SSSR count). The first-order valence-corrected chi connectivity index (χ1v) is 7.26. The summed E-state index contributed by atoms with van der Waals surface area (Å²) in [6, 6.07) is 0. The third-order valence-corrected chi connectivity index (χ3v) is 4.22. The average Bonchev–Trinajstić information content (AvgIpc) is 2.26. The minimum Gasteiger partial charge on any atom is -0.380 e. The van der Waals surface area contributed by atoms with Crippen molar-refractivity contribution in [3.05, 3.63) is 0 Å². The van der Waals surface area contributed by atoms with Gasteiger partial charge in [-0.15, -0.1) is 0 Å². The van der Waals surface area contributed by atoms with Crippen LogP contribution in [0.5, 0.6) is 0 Å². The maximum atomic E-state index is 12.3. The van der Waals surface area contributed by atoms with E-state index in [0.717, 1.165) is 12.8 Å². The molecule has 0 radical (unpaired) electrons. The van der Waals surface area contributed by atoms with Crippen molar-refractivity contribution in [3.8, 4) is 0 Å². The lowest BCUT2D eigenvalue weighted by Crippen LogP contribution is -2.43. The fourth-order valence-electron chi connectivity index (χ4n) is 2.47. The van der Waals surface area contributed by atoms with Crippen molar-refractivity contribution < 1.29 is 9.53 Å². The quantitative estimate of drug-likeness (QED) is 0.570. The number of carbonyl (C=O) groups excluding carboxylic acids is 1. The van der Waals surface area contributed by atoms with Crippen LogP contribution in [-0.4, -0.2) is 19.0 Å². The molecule has 1 heterocycles. The van der Waals surface area contributed by atoms with Crippen molar-refractivity contribution >= 4 is 5.78 Å². The van der Waals surface area contributed by atoms with Gasteiger partial charge in [0.15, 0.2) is 0 Å². The average molecular weight is 240 g/mol. The van der Waals surface area contributed by atoms with Crippen LogP contribution in [-0.2, 0) is 9.53 Å². The summed E-state index contributed by atoms with van der Waals surface area (Å²) in [6.45, 7) is 7.84. The van der Waals surface area contributed by atoms with E-state index in [1.165, 1.54) is 32.1 Å². The highest BCUT2D eigenvalue weighted by molar-refractivity contribution is 5.87. The first kappa shape index (κ1) is 14.7. The van der Waals surface area contributed by atoms with E-state index >= 15 is 0 Å². The molecule has 1 saturated heterocycles. The summed E-state index contributed by atoms with van der Waals surface area (Å²) in [5.41, 5.74) is -0.0966. The lowest BCUT2D eigenvalue weighted by molar-refractivity contribution is -0.147. The number of hydrogen-bond donors (Lipinski definition) is 0. The molecular formula is C15H28O2. The Morgan fingerprint density at radius 2 is 1.82 bits per heavy atom. The third kappa shape index (κ3) is 4.09. The van der Waals surface area contributed by atoms with Gasteiger partial charge >= 0.3 is 0 Å². The second kappa shape index (κ2) is 7.15. The van der Waals surface area contributed by atoms with Gasteiger partial charge in [-0.3, -0.25) is 4.79 Å². The molecule has 100 valence electrons. The molecule has 2 heteroatoms. The third-order valence-electron chi connectivity index (χ3n) is 4.22. The molecule has 1 atom stereocenters. The summed E-state index contributed by atoms with van der Waals surface area (Å²) in [7, 11) is 0. The SMILES string of the molecule is CCCCCCCC(C)(CC)C(=O)C1COC1. The largest absolute Gasteiger partial charge is 0.380 e. The van der Waals surface area contributed by atoms with Crippen LogP contribution in [0.1, 0.15) is 65.7 Å². The normalized spacial score (nSPS) is 19.7. The summed E-state index contributed by atoms with van der Waals surface area (Å²) >= 11 is 0. The molecule has 0 aromatic heterocycles. The molecule has 0 aromatic rings. The van der Waals surface area contributed by atoms with Gasteiger partial charge in [0, 0.05) is 5.41 Å². The van der Waals surface area contributed by atoms with Crippen LogP contribution in [0, 0.1) is 11.3 Å². The molecule has 0 amide bonds. The zero-order valence-electron chi connectivity index (χ0n) is 11.8. The molecule has 2 nitrogen and oxygen atoms in total. The Kier molecular flexibility index (Phi) is 6.18. The molecule has 0 saturated carbocycles. The Balaban J connectivity index is 2.31. The fourth-order valence-corrected chi connectivity index (χ4v) is 2.47. The Hall–Kier alpha value is -0.370. The second-order valence-corrected chi connectivity index (χ2v) is 5.68. The van der Waals surface area contributed by atoms with Crippen molar-refractivity contribution in [2.45, 2.75) is 65.7 Å². The number of carbonyl (C=O) groups is 1. The van der Waals surface area contributed by atoms with Crippen LogP contribution >= 0.6 is 0 Å². The minimum absolute atomic E-state index is 0.0966. The van der Waals surface area contributed by atoms with Gasteiger partial charge in [-0.25, -0.2) is 0 Å². The van der Waals surface area contributed by atoms with Gasteiger partial charge < -0.3 is 4.74 Å². The first-order valence-electron chi connectivity index (χ1n) is 7.26. The van der Waals surface area contributed by atoms with Crippen LogP contribution in [0.3, 0.4) is 0 Å². The summed E-state index contributed by atoms with van der Waals surface area (Å²) in [5.74, 6) is 0.636. The molecule has 1 fully saturated rings. The predicted octanol–water partition coefficient (Wildman–Crippen LogP) is 3.98. The Morgan fingerprint density at radius 1 is 1.18 bits per heavy atom. The molecule has 0 spiro atoms. The number of unbranched alkanes of at least 4 members (excludes halogenated alkanes) is 4. The van der Waals surface area contributed by atoms with Crippen LogP contribution in [0.4, 0.5) is 0 Å². The summed E-state index contributed by atoms with van der Waals surface area (Å²) in [4.78, 5) is 12.3. The highest BCUT2D eigenvalue weighted by atomic mass is 16.5. The molecule has 0 N–H and O–H groups in total. The van der Waals surface area contributed by atoms with Crippen molar-refractivity contribution in [2.75, 3.05) is 13.2 Å². The highest BCUT2D eigenvalue weighted by Crippen LogP contribution is 2.34. The summed E-state index contributed by atoms with van der Waals surface area (Å²) in [5, 5.41) is 0. The summed E-state index contributed by atoms with van der Waals surface area (Å²) < 4.78 is 5.13. The Bertz CT molecular complexity index is 233. The van der Waals surface area contributed by atoms with E-state index in [9.17, 15) is 4.79 Å². The smallest absolute Gasteiger partial charge is 0.146 e. The zero-order valence-corrected chi connectivity index (χ0v) is 11.8. The Morgan fingerprint density at radius 3 is 2.29 bits per heavy atom. The van der Waals surface area contributed by atoms with Crippen molar-refractivity contribution in [1.29, 1.82) is 0 Å². The molecule has 1 aliphatic rings. The number of rotatable bonds is 9. The zero-order chi connectivity index (χ0) is 12.7. The van der Waals surface area contributed by atoms with E-state index in [-0.39, 0.29) is 11.3 Å². The van der Waals surface area contributed by atoms with Gasteiger partial charge in [-0.05, 0) is 12.8 Å². The first-order chi connectivity index (χ1) is 8.14. The minimum atomic E-state index is -0.0966. The van der Waals surface area contributed by atoms with E-state index in [2.05, 4.69) is 20.8 Å². The van der Waals surface area contributed by atoms with E-state index in [0.29, 0.717) is 19.0 Å². The molecule has 17 heavy (non-hydrogen) atoms. The number of Topliss-reactive ketones (excluding diaryl/α,β-unsaturated/α-hetero) is 1. The van der Waals surface area contributed by atoms with Gasteiger partial charge in [0.2, 0.25) is 0 Å². The van der Waals surface area contributed by atoms with Gasteiger partial charge in [0.25, 0.3) is 0 Å². The van der Waals surface area contributed by atoms with E-state index in [4.69, 9.17) is 4.74 Å². The number of hydrogen-bond acceptors (Lipinski definition) is 2. The topological polar surface area (TPSA) is 26.3 Å². The summed E-state index contributed by atoms with van der Waals surface area (Å²) in [6.07, 6.45) is 8.42. The highest BCUT2D eigenvalue weighted by Gasteiger charge is 2.38. The predicted molar refractivity (Wildman–Crippen MR) is 71.1 cm³/mol. The standard InChI is InChI=1S/C15H28O2/c1-4-6-7-8-9-10-15(3,5-2)14(16)13-11-17-12-13/h13H,4-12H2,1-3H3. The lowest BCUT2D eigenvalue weighted by atomic mass is 9.73. The van der Waals surface area contributed by atoms with Crippen LogP contribution in [0.15, 0.2) is 0 Å². The van der Waals surface area contributed by atoms with Crippen LogP contribution in [0.2, 0.25) is 0 Å². The van der Waals surface area contributed by atoms with Gasteiger partial charge in [-0.2, -0.15) is 0 Å². The molecular weight excluding hydrogens is 212 g/mol. The van der Waals surface area contributed by atoms with Gasteiger partial charge in [0.1, 0.15) is 5.78 Å². The van der Waals surface area contributed by atoms with E-state index < -0.39 is 0 Å². The molecule has 0 bridgehead atoms. The van der Waals surface area contributed by atoms with Crippen molar-refractivity contribution in [2.24, 2.45) is 11.3 Å². The second-order valence-electron chi connectivity index (χ2n) is 5.68. The molecule has 1 aliphatic heterocycles. The van der Waals surface area contributed by atoms with Crippen molar-refractivity contribution in [1.82, 2.24) is 0 Å². The van der Waals surface area contributed by atoms with Crippen LogP contribution < -0.4 is 0 Å². The number of ketones is 1. The van der Waals surface area contributed by atoms with Gasteiger partial charge in [-0.1, -0.05) is 52.9 Å². The molecule has 1 unspecified atom stereocenters. The maximum absolute atomic E-state index is 12.3. The van der Waals surface area contributed by atoms with Crippen molar-refractivity contribution in [3.63, 3.8) is 0 Å². The monoisotopic (exact) mass is 240 g/mol. The van der Waals surface area contributed by atoms with Crippen LogP contribution in [0.25, 0.3) is 0 Å². The molecule has 0 aromatic carbocycles. The lowest BCUT2D eigenvalue weighted by Gasteiger charge is -2.35. The number of ether oxygens (including phenoxy) is 1. The molecule has 0 aliphatic carbocycles. The van der Waals surface area contributed by atoms with E-state index in [1.807, 2.05) is 0 Å². The Labute approximate surface area is 106 Å².